The molecule has 2 aromatic heterocycles. The molecule has 0 spiro atoms. The summed E-state index contributed by atoms with van der Waals surface area (Å²) < 4.78 is 4.92. The number of carbonyl (C=O) groups excluding carboxylic acids is 1. The van der Waals surface area contributed by atoms with Crippen LogP contribution in [0.2, 0.25) is 0 Å². The van der Waals surface area contributed by atoms with Gasteiger partial charge in [0.2, 0.25) is 0 Å². The van der Waals surface area contributed by atoms with Crippen LogP contribution in [0.1, 0.15) is 54.0 Å². The third-order valence-electron chi connectivity index (χ3n) is 4.48. The SMILES string of the molecule is Cc1cc(C(=O)NC2CCN(Cc3ccnc(C(C)C)n3)CC2O)no1. The van der Waals surface area contributed by atoms with Crippen molar-refractivity contribution in [3.05, 3.63) is 41.3 Å². The number of carbonyl (C=O) groups is 1. The van der Waals surface area contributed by atoms with Crippen LogP contribution < -0.4 is 5.32 Å². The minimum atomic E-state index is -0.646. The zero-order valence-corrected chi connectivity index (χ0v) is 15.3. The molecule has 3 heterocycles. The molecule has 1 aliphatic heterocycles. The van der Waals surface area contributed by atoms with Crippen molar-refractivity contribution in [3.63, 3.8) is 0 Å². The van der Waals surface area contributed by atoms with E-state index in [1.165, 1.54) is 0 Å². The zero-order chi connectivity index (χ0) is 18.7. The van der Waals surface area contributed by atoms with Gasteiger partial charge in [0.15, 0.2) is 5.69 Å². The molecule has 1 fully saturated rings. The number of aliphatic hydroxyl groups excluding tert-OH is 1. The summed E-state index contributed by atoms with van der Waals surface area (Å²) in [5, 5.41) is 17.0. The molecule has 1 saturated heterocycles. The molecule has 2 aromatic rings. The monoisotopic (exact) mass is 359 g/mol. The quantitative estimate of drug-likeness (QED) is 0.828. The number of amides is 1. The molecule has 0 radical (unpaired) electrons. The molecule has 2 unspecified atom stereocenters. The maximum Gasteiger partial charge on any atom is 0.273 e. The van der Waals surface area contributed by atoms with Gasteiger partial charge in [-0.25, -0.2) is 9.97 Å². The van der Waals surface area contributed by atoms with Crippen molar-refractivity contribution in [2.45, 2.75) is 51.8 Å². The van der Waals surface area contributed by atoms with Crippen LogP contribution in [0.15, 0.2) is 22.9 Å². The van der Waals surface area contributed by atoms with Crippen molar-refractivity contribution in [1.29, 1.82) is 0 Å². The predicted octanol–water partition coefficient (Wildman–Crippen LogP) is 1.26. The van der Waals surface area contributed by atoms with Crippen LogP contribution in [-0.4, -0.2) is 56.3 Å². The third-order valence-corrected chi connectivity index (χ3v) is 4.48. The van der Waals surface area contributed by atoms with E-state index in [2.05, 4.69) is 39.2 Å². The fourth-order valence-electron chi connectivity index (χ4n) is 3.03. The number of aromatic nitrogens is 3. The van der Waals surface area contributed by atoms with Gasteiger partial charge in [0.25, 0.3) is 5.91 Å². The Labute approximate surface area is 152 Å². The van der Waals surface area contributed by atoms with Crippen molar-refractivity contribution in [2.75, 3.05) is 13.1 Å². The number of piperidine rings is 1. The van der Waals surface area contributed by atoms with E-state index in [-0.39, 0.29) is 23.6 Å². The van der Waals surface area contributed by atoms with Gasteiger partial charge in [-0.3, -0.25) is 9.69 Å². The van der Waals surface area contributed by atoms with Crippen LogP contribution in [0.5, 0.6) is 0 Å². The van der Waals surface area contributed by atoms with Crippen molar-refractivity contribution in [3.8, 4) is 0 Å². The Balaban J connectivity index is 1.55. The van der Waals surface area contributed by atoms with Crippen LogP contribution in [0.4, 0.5) is 0 Å². The first-order valence-corrected chi connectivity index (χ1v) is 8.89. The summed E-state index contributed by atoms with van der Waals surface area (Å²) in [5.41, 5.74) is 1.18. The number of β-amino-alcohol motifs (C(OH)–C–C–N with tert-alkyl or cyclic N) is 1. The largest absolute Gasteiger partial charge is 0.390 e. The number of nitrogens with one attached hydrogen (secondary N) is 1. The van der Waals surface area contributed by atoms with Crippen LogP contribution in [-0.2, 0) is 6.54 Å². The number of nitrogens with zero attached hydrogens (tertiary/aromatic N) is 4. The first-order chi connectivity index (χ1) is 12.4. The van der Waals surface area contributed by atoms with Crippen LogP contribution in [0, 0.1) is 6.92 Å². The third kappa shape index (κ3) is 4.44. The van der Waals surface area contributed by atoms with Crippen LogP contribution in [0.25, 0.3) is 0 Å². The molecule has 26 heavy (non-hydrogen) atoms. The zero-order valence-electron chi connectivity index (χ0n) is 15.3. The molecular formula is C18H25N5O3. The predicted molar refractivity (Wildman–Crippen MR) is 94.5 cm³/mol. The summed E-state index contributed by atoms with van der Waals surface area (Å²) in [6.07, 6.45) is 1.79. The van der Waals surface area contributed by atoms with Crippen molar-refractivity contribution < 1.29 is 14.4 Å². The Hall–Kier alpha value is -2.32. The Bertz CT molecular complexity index is 761. The smallest absolute Gasteiger partial charge is 0.273 e. The number of likely N-dealkylation sites (tertiary alicyclic amines) is 1. The van der Waals surface area contributed by atoms with Crippen LogP contribution >= 0.6 is 0 Å². The molecule has 140 valence electrons. The van der Waals surface area contributed by atoms with E-state index >= 15 is 0 Å². The standard InChI is InChI=1S/C18H25N5O3/c1-11(2)17-19-6-4-13(20-17)9-23-7-5-14(16(24)10-23)21-18(25)15-8-12(3)26-22-15/h4,6,8,11,14,16,24H,5,7,9-10H2,1-3H3,(H,21,25). The summed E-state index contributed by atoms with van der Waals surface area (Å²) in [5.74, 6) is 1.36. The lowest BCUT2D eigenvalue weighted by molar-refractivity contribution is 0.0343. The van der Waals surface area contributed by atoms with Crippen molar-refractivity contribution >= 4 is 5.91 Å². The van der Waals surface area contributed by atoms with E-state index < -0.39 is 6.10 Å². The Kier molecular flexibility index (Phi) is 5.63. The lowest BCUT2D eigenvalue weighted by Gasteiger charge is -2.36. The summed E-state index contributed by atoms with van der Waals surface area (Å²) >= 11 is 0. The first kappa shape index (κ1) is 18.5. The topological polar surface area (TPSA) is 104 Å². The summed E-state index contributed by atoms with van der Waals surface area (Å²) in [6.45, 7) is 7.75. The second-order valence-electron chi connectivity index (χ2n) is 7.05. The van der Waals surface area contributed by atoms with E-state index in [0.29, 0.717) is 25.3 Å². The molecular weight excluding hydrogens is 334 g/mol. The fraction of sp³-hybridized carbons (Fsp3) is 0.556. The normalized spacial score (nSPS) is 21.1. The average Bonchev–Trinajstić information content (AvgIpc) is 3.04. The molecule has 1 amide bonds. The van der Waals surface area contributed by atoms with E-state index in [4.69, 9.17) is 4.52 Å². The van der Waals surface area contributed by atoms with E-state index in [0.717, 1.165) is 18.1 Å². The number of hydrogen-bond donors (Lipinski definition) is 2. The van der Waals surface area contributed by atoms with Gasteiger partial charge in [0, 0.05) is 37.8 Å². The maximum absolute atomic E-state index is 12.2. The van der Waals surface area contributed by atoms with Gasteiger partial charge in [0.05, 0.1) is 17.8 Å². The van der Waals surface area contributed by atoms with Gasteiger partial charge >= 0.3 is 0 Å². The second-order valence-corrected chi connectivity index (χ2v) is 7.05. The number of aliphatic hydroxyl groups is 1. The molecule has 8 nitrogen and oxygen atoms in total. The lowest BCUT2D eigenvalue weighted by atomic mass is 10.0. The lowest BCUT2D eigenvalue weighted by Crippen LogP contribution is -2.53. The minimum Gasteiger partial charge on any atom is -0.390 e. The summed E-state index contributed by atoms with van der Waals surface area (Å²) in [6, 6.07) is 3.18. The second kappa shape index (κ2) is 7.92. The number of hydrogen-bond acceptors (Lipinski definition) is 7. The molecule has 3 rings (SSSR count). The van der Waals surface area contributed by atoms with Crippen LogP contribution in [0.3, 0.4) is 0 Å². The molecule has 0 saturated carbocycles. The molecule has 0 bridgehead atoms. The maximum atomic E-state index is 12.2. The summed E-state index contributed by atoms with van der Waals surface area (Å²) in [4.78, 5) is 23.2. The first-order valence-electron chi connectivity index (χ1n) is 8.89. The highest BCUT2D eigenvalue weighted by molar-refractivity contribution is 5.92. The van der Waals surface area contributed by atoms with E-state index in [9.17, 15) is 9.90 Å². The molecule has 0 aliphatic carbocycles. The van der Waals surface area contributed by atoms with Gasteiger partial charge in [-0.15, -0.1) is 0 Å². The Morgan fingerprint density at radius 1 is 1.50 bits per heavy atom. The molecule has 2 N–H and O–H groups in total. The summed E-state index contributed by atoms with van der Waals surface area (Å²) in [7, 11) is 0. The Morgan fingerprint density at radius 2 is 2.31 bits per heavy atom. The molecule has 8 heteroatoms. The molecule has 0 aromatic carbocycles. The highest BCUT2D eigenvalue weighted by Gasteiger charge is 2.30. The van der Waals surface area contributed by atoms with Crippen molar-refractivity contribution in [2.24, 2.45) is 0 Å². The molecule has 2 atom stereocenters. The van der Waals surface area contributed by atoms with Gasteiger partial charge in [-0.1, -0.05) is 19.0 Å². The van der Waals surface area contributed by atoms with Gasteiger partial charge < -0.3 is 14.9 Å². The fourth-order valence-corrected chi connectivity index (χ4v) is 3.03. The average molecular weight is 359 g/mol. The minimum absolute atomic E-state index is 0.235. The van der Waals surface area contributed by atoms with E-state index in [1.807, 2.05) is 6.07 Å². The number of aryl methyl sites for hydroxylation is 1. The highest BCUT2D eigenvalue weighted by atomic mass is 16.5. The van der Waals surface area contributed by atoms with Gasteiger partial charge in [-0.2, -0.15) is 0 Å². The molecule has 1 aliphatic rings. The van der Waals surface area contributed by atoms with Crippen molar-refractivity contribution in [1.82, 2.24) is 25.3 Å². The van der Waals surface area contributed by atoms with Gasteiger partial charge in [0.1, 0.15) is 11.6 Å². The van der Waals surface area contributed by atoms with E-state index in [1.54, 1.807) is 19.2 Å². The Morgan fingerprint density at radius 3 is 2.96 bits per heavy atom. The highest BCUT2D eigenvalue weighted by Crippen LogP contribution is 2.16. The van der Waals surface area contributed by atoms with Gasteiger partial charge in [-0.05, 0) is 19.4 Å². The number of rotatable bonds is 5.